The van der Waals surface area contributed by atoms with Gasteiger partial charge in [-0.25, -0.2) is 4.98 Å². The van der Waals surface area contributed by atoms with Crippen LogP contribution in [0, 0.1) is 0 Å². The van der Waals surface area contributed by atoms with Crippen molar-refractivity contribution in [2.24, 2.45) is 0 Å². The summed E-state index contributed by atoms with van der Waals surface area (Å²) >= 11 is 3.11. The van der Waals surface area contributed by atoms with E-state index in [0.717, 1.165) is 38.8 Å². The van der Waals surface area contributed by atoms with Crippen molar-refractivity contribution < 1.29 is 9.47 Å². The maximum atomic E-state index is 12.8. The monoisotopic (exact) mass is 422 g/mol. The first-order chi connectivity index (χ1) is 14.3. The minimum absolute atomic E-state index is 0.0932. The van der Waals surface area contributed by atoms with Gasteiger partial charge in [0.25, 0.3) is 5.56 Å². The number of thioether (sulfide) groups is 1. The maximum absolute atomic E-state index is 12.8. The Morgan fingerprint density at radius 3 is 2.76 bits per heavy atom. The summed E-state index contributed by atoms with van der Waals surface area (Å²) in [6, 6.07) is 15.9. The Bertz CT molecular complexity index is 1220. The quantitative estimate of drug-likeness (QED) is 0.463. The Morgan fingerprint density at radius 1 is 1.07 bits per heavy atom. The fraction of sp³-hybridized carbons (Fsp3) is 0.182. The van der Waals surface area contributed by atoms with Gasteiger partial charge in [-0.2, -0.15) is 0 Å². The summed E-state index contributed by atoms with van der Waals surface area (Å²) in [6.07, 6.45) is 0.883. The van der Waals surface area contributed by atoms with Gasteiger partial charge in [0.05, 0.1) is 24.4 Å². The van der Waals surface area contributed by atoms with E-state index in [1.807, 2.05) is 53.9 Å². The lowest BCUT2D eigenvalue weighted by molar-refractivity contribution is 0.297. The van der Waals surface area contributed by atoms with Crippen molar-refractivity contribution in [2.45, 2.75) is 17.1 Å². The highest BCUT2D eigenvalue weighted by atomic mass is 32.2. The molecule has 0 spiro atoms. The summed E-state index contributed by atoms with van der Waals surface area (Å²) in [4.78, 5) is 22.2. The van der Waals surface area contributed by atoms with Crippen LogP contribution in [0.15, 0.2) is 63.6 Å². The van der Waals surface area contributed by atoms with Crippen molar-refractivity contribution >= 4 is 33.3 Å². The number of aromatic amines is 1. The number of H-pyrrole nitrogens is 1. The summed E-state index contributed by atoms with van der Waals surface area (Å²) in [5.74, 6) is 2.80. The summed E-state index contributed by atoms with van der Waals surface area (Å²) < 4.78 is 11.4. The minimum atomic E-state index is -0.0932. The second kappa shape index (κ2) is 7.93. The van der Waals surface area contributed by atoms with E-state index in [-0.39, 0.29) is 5.56 Å². The number of nitrogens with zero attached hydrogens (tertiary/aromatic N) is 1. The first-order valence-corrected chi connectivity index (χ1v) is 11.2. The van der Waals surface area contributed by atoms with Gasteiger partial charge in [0.15, 0.2) is 11.5 Å². The second-order valence-electron chi connectivity index (χ2n) is 6.66. The third-order valence-corrected chi connectivity index (χ3v) is 6.55. The molecule has 1 N–H and O–H groups in total. The van der Waals surface area contributed by atoms with E-state index in [9.17, 15) is 4.79 Å². The zero-order valence-electron chi connectivity index (χ0n) is 15.5. The second-order valence-corrected chi connectivity index (χ2v) is 8.56. The van der Waals surface area contributed by atoms with Crippen molar-refractivity contribution in [3.8, 4) is 22.6 Å². The zero-order chi connectivity index (χ0) is 19.6. The largest absolute Gasteiger partial charge is 0.490 e. The Balaban J connectivity index is 1.39. The molecule has 29 heavy (non-hydrogen) atoms. The molecule has 0 atom stereocenters. The van der Waals surface area contributed by atoms with Crippen LogP contribution in [0.2, 0.25) is 0 Å². The van der Waals surface area contributed by atoms with E-state index in [2.05, 4.69) is 9.97 Å². The molecule has 0 amide bonds. The molecular formula is C22H18N2O3S2. The molecule has 0 saturated heterocycles. The van der Waals surface area contributed by atoms with Crippen molar-refractivity contribution in [3.63, 3.8) is 0 Å². The molecule has 146 valence electrons. The van der Waals surface area contributed by atoms with E-state index in [1.165, 1.54) is 11.3 Å². The molecule has 0 unspecified atom stereocenters. The van der Waals surface area contributed by atoms with Crippen molar-refractivity contribution in [3.05, 3.63) is 70.1 Å². The van der Waals surface area contributed by atoms with Gasteiger partial charge in [-0.3, -0.25) is 4.79 Å². The predicted octanol–water partition coefficient (Wildman–Crippen LogP) is 5.11. The Morgan fingerprint density at radius 2 is 1.90 bits per heavy atom. The fourth-order valence-electron chi connectivity index (χ4n) is 3.28. The van der Waals surface area contributed by atoms with E-state index >= 15 is 0 Å². The molecular weight excluding hydrogens is 404 g/mol. The molecule has 1 aliphatic rings. The average Bonchev–Trinajstić information content (AvgIpc) is 3.04. The maximum Gasteiger partial charge on any atom is 0.260 e. The van der Waals surface area contributed by atoms with Gasteiger partial charge in [-0.15, -0.1) is 23.1 Å². The zero-order valence-corrected chi connectivity index (χ0v) is 17.1. The van der Waals surface area contributed by atoms with Gasteiger partial charge in [-0.05, 0) is 23.8 Å². The molecule has 3 heterocycles. The van der Waals surface area contributed by atoms with E-state index in [4.69, 9.17) is 9.47 Å². The number of thiophene rings is 1. The van der Waals surface area contributed by atoms with E-state index in [0.29, 0.717) is 30.2 Å². The molecule has 1 aliphatic heterocycles. The van der Waals surface area contributed by atoms with Crippen molar-refractivity contribution in [1.29, 1.82) is 0 Å². The standard InChI is InChI=1S/C22H18N2O3S2/c25-21-20-16(14-5-2-1-3-6-14)12-29-22(20)24-19(23-21)13-28-15-7-8-17-18(11-15)27-10-4-9-26-17/h1-3,5-8,11-12H,4,9-10,13H2,(H,23,24,25). The number of hydrogen-bond acceptors (Lipinski definition) is 6. The topological polar surface area (TPSA) is 64.2 Å². The number of aromatic nitrogens is 2. The van der Waals surface area contributed by atoms with Crippen LogP contribution in [0.1, 0.15) is 12.2 Å². The minimum Gasteiger partial charge on any atom is -0.490 e. The first-order valence-electron chi connectivity index (χ1n) is 9.36. The van der Waals surface area contributed by atoms with Crippen LogP contribution in [0.25, 0.3) is 21.3 Å². The fourth-order valence-corrected chi connectivity index (χ4v) is 5.04. The summed E-state index contributed by atoms with van der Waals surface area (Å²) in [5.41, 5.74) is 1.87. The SMILES string of the molecule is O=c1[nH]c(CSc2ccc3c(c2)OCCCO3)nc2scc(-c3ccccc3)c12. The molecule has 2 aromatic carbocycles. The van der Waals surface area contributed by atoms with Crippen LogP contribution in [-0.2, 0) is 5.75 Å². The highest BCUT2D eigenvalue weighted by Crippen LogP contribution is 2.35. The van der Waals surface area contributed by atoms with Crippen LogP contribution in [0.5, 0.6) is 11.5 Å². The normalized spacial score (nSPS) is 13.4. The molecule has 0 bridgehead atoms. The summed E-state index contributed by atoms with van der Waals surface area (Å²) in [6.45, 7) is 1.34. The lowest BCUT2D eigenvalue weighted by Crippen LogP contribution is -2.10. The van der Waals surface area contributed by atoms with Crippen LogP contribution < -0.4 is 15.0 Å². The third-order valence-electron chi connectivity index (χ3n) is 4.67. The predicted molar refractivity (Wildman–Crippen MR) is 117 cm³/mol. The molecule has 7 heteroatoms. The number of benzene rings is 2. The molecule has 5 rings (SSSR count). The van der Waals surface area contributed by atoms with Gasteiger partial charge in [0.1, 0.15) is 10.7 Å². The molecule has 2 aromatic heterocycles. The number of hydrogen-bond donors (Lipinski definition) is 1. The Hall–Kier alpha value is -2.77. The van der Waals surface area contributed by atoms with E-state index in [1.54, 1.807) is 11.8 Å². The third kappa shape index (κ3) is 3.75. The first kappa shape index (κ1) is 18.3. The number of fused-ring (bicyclic) bond motifs is 2. The van der Waals surface area contributed by atoms with Crippen molar-refractivity contribution in [1.82, 2.24) is 9.97 Å². The van der Waals surface area contributed by atoms with Gasteiger partial charge < -0.3 is 14.5 Å². The van der Waals surface area contributed by atoms with Gasteiger partial charge >= 0.3 is 0 Å². The van der Waals surface area contributed by atoms with Gasteiger partial charge in [0.2, 0.25) is 0 Å². The van der Waals surface area contributed by atoms with Crippen LogP contribution in [0.3, 0.4) is 0 Å². The number of ether oxygens (including phenoxy) is 2. The summed E-state index contributed by atoms with van der Waals surface area (Å²) in [5, 5.41) is 2.66. The lowest BCUT2D eigenvalue weighted by Gasteiger charge is -2.09. The average molecular weight is 423 g/mol. The van der Waals surface area contributed by atoms with Crippen LogP contribution in [0.4, 0.5) is 0 Å². The molecule has 0 radical (unpaired) electrons. The molecule has 0 aliphatic carbocycles. The lowest BCUT2D eigenvalue weighted by atomic mass is 10.1. The number of rotatable bonds is 4. The van der Waals surface area contributed by atoms with Crippen LogP contribution in [-0.4, -0.2) is 23.2 Å². The Kier molecular flexibility index (Phi) is 4.99. The molecule has 0 fully saturated rings. The Labute approximate surface area is 175 Å². The number of nitrogens with one attached hydrogen (secondary N) is 1. The van der Waals surface area contributed by atoms with Gasteiger partial charge in [0, 0.05) is 22.3 Å². The molecule has 0 saturated carbocycles. The summed E-state index contributed by atoms with van der Waals surface area (Å²) in [7, 11) is 0. The molecule has 4 aromatic rings. The van der Waals surface area contributed by atoms with Gasteiger partial charge in [-0.1, -0.05) is 30.3 Å². The van der Waals surface area contributed by atoms with E-state index < -0.39 is 0 Å². The smallest absolute Gasteiger partial charge is 0.260 e. The molecule has 5 nitrogen and oxygen atoms in total. The highest BCUT2D eigenvalue weighted by molar-refractivity contribution is 7.98. The highest BCUT2D eigenvalue weighted by Gasteiger charge is 2.14. The van der Waals surface area contributed by atoms with Crippen LogP contribution >= 0.6 is 23.1 Å². The van der Waals surface area contributed by atoms with Crippen molar-refractivity contribution in [2.75, 3.05) is 13.2 Å².